The van der Waals surface area contributed by atoms with Gasteiger partial charge in [-0.3, -0.25) is 4.84 Å². The molecule has 0 amide bonds. The number of hydroxylamine groups is 1. The summed E-state index contributed by atoms with van der Waals surface area (Å²) in [6.07, 6.45) is 0.683. The smallest absolute Gasteiger partial charge is 0.268 e. The molecule has 1 aliphatic rings. The van der Waals surface area contributed by atoms with Crippen molar-refractivity contribution >= 4 is 15.7 Å². The zero-order valence-corrected chi connectivity index (χ0v) is 11.2. The summed E-state index contributed by atoms with van der Waals surface area (Å²) in [5.74, 6) is 0.275. The van der Waals surface area contributed by atoms with E-state index in [9.17, 15) is 8.42 Å². The van der Waals surface area contributed by atoms with Crippen molar-refractivity contribution in [3.05, 3.63) is 17.7 Å². The van der Waals surface area contributed by atoms with Crippen molar-refractivity contribution in [1.29, 1.82) is 0 Å². The number of ether oxygens (including phenoxy) is 1. The molecular weight excluding hydrogens is 256 g/mol. The molecule has 1 saturated heterocycles. The van der Waals surface area contributed by atoms with Crippen molar-refractivity contribution in [3.8, 4) is 5.75 Å². The molecule has 1 fully saturated rings. The maximum atomic E-state index is 12.3. The van der Waals surface area contributed by atoms with E-state index in [2.05, 4.69) is 0 Å². The van der Waals surface area contributed by atoms with Gasteiger partial charge >= 0.3 is 0 Å². The van der Waals surface area contributed by atoms with Crippen molar-refractivity contribution in [2.45, 2.75) is 18.2 Å². The van der Waals surface area contributed by atoms with Crippen molar-refractivity contribution in [2.75, 3.05) is 26.0 Å². The molecule has 100 valence electrons. The van der Waals surface area contributed by atoms with Gasteiger partial charge in [-0.15, -0.1) is 0 Å². The van der Waals surface area contributed by atoms with Crippen LogP contribution in [-0.2, 0) is 14.9 Å². The van der Waals surface area contributed by atoms with E-state index in [1.165, 1.54) is 13.2 Å². The van der Waals surface area contributed by atoms with Gasteiger partial charge in [0, 0.05) is 12.2 Å². The van der Waals surface area contributed by atoms with Gasteiger partial charge < -0.3 is 10.5 Å². The summed E-state index contributed by atoms with van der Waals surface area (Å²) in [5, 5.41) is 0. The van der Waals surface area contributed by atoms with Crippen LogP contribution >= 0.6 is 0 Å². The van der Waals surface area contributed by atoms with E-state index in [0.29, 0.717) is 25.3 Å². The summed E-state index contributed by atoms with van der Waals surface area (Å²) in [4.78, 5) is 5.13. The summed E-state index contributed by atoms with van der Waals surface area (Å²) in [7, 11) is -2.29. The molecule has 0 radical (unpaired) electrons. The van der Waals surface area contributed by atoms with Crippen LogP contribution in [0.15, 0.2) is 17.0 Å². The van der Waals surface area contributed by atoms with Crippen LogP contribution in [0.3, 0.4) is 0 Å². The Hall–Kier alpha value is -1.31. The maximum absolute atomic E-state index is 12.3. The van der Waals surface area contributed by atoms with Gasteiger partial charge in [-0.2, -0.15) is 0 Å². The second kappa shape index (κ2) is 4.75. The largest absolute Gasteiger partial charge is 0.495 e. The number of nitrogens with two attached hydrogens (primary N) is 1. The first-order valence-corrected chi connectivity index (χ1v) is 7.00. The van der Waals surface area contributed by atoms with Gasteiger partial charge in [0.2, 0.25) is 0 Å². The first kappa shape index (κ1) is 13.1. The van der Waals surface area contributed by atoms with Crippen LogP contribution in [0.1, 0.15) is 12.0 Å². The summed E-state index contributed by atoms with van der Waals surface area (Å²) >= 11 is 0. The molecule has 0 saturated carbocycles. The molecule has 7 heteroatoms. The van der Waals surface area contributed by atoms with Crippen LogP contribution in [0.2, 0.25) is 0 Å². The molecule has 2 N–H and O–H groups in total. The average molecular weight is 272 g/mol. The molecule has 0 aliphatic carbocycles. The molecule has 1 aromatic carbocycles. The monoisotopic (exact) mass is 272 g/mol. The topological polar surface area (TPSA) is 81.9 Å². The zero-order valence-electron chi connectivity index (χ0n) is 10.3. The first-order valence-electron chi connectivity index (χ1n) is 5.56. The number of benzene rings is 1. The molecule has 2 rings (SSSR count). The lowest BCUT2D eigenvalue weighted by Crippen LogP contribution is -2.27. The third kappa shape index (κ3) is 2.16. The Morgan fingerprint density at radius 3 is 2.72 bits per heavy atom. The minimum atomic E-state index is -3.71. The molecule has 0 spiro atoms. The van der Waals surface area contributed by atoms with Crippen LogP contribution in [0.25, 0.3) is 0 Å². The number of sulfonamides is 1. The van der Waals surface area contributed by atoms with Crippen LogP contribution in [-0.4, -0.2) is 33.1 Å². The van der Waals surface area contributed by atoms with Crippen molar-refractivity contribution in [2.24, 2.45) is 0 Å². The third-order valence-corrected chi connectivity index (χ3v) is 4.52. The van der Waals surface area contributed by atoms with Crippen LogP contribution < -0.4 is 10.5 Å². The molecule has 18 heavy (non-hydrogen) atoms. The van der Waals surface area contributed by atoms with Crippen molar-refractivity contribution in [3.63, 3.8) is 0 Å². The highest BCUT2D eigenvalue weighted by molar-refractivity contribution is 7.89. The number of methoxy groups -OCH3 is 1. The number of aryl methyl sites for hydroxylation is 1. The number of nitrogen functional groups attached to an aromatic ring is 1. The molecule has 1 heterocycles. The van der Waals surface area contributed by atoms with Gasteiger partial charge in [0.25, 0.3) is 10.0 Å². The molecule has 0 bridgehead atoms. The van der Waals surface area contributed by atoms with Gasteiger partial charge in [-0.25, -0.2) is 8.42 Å². The highest BCUT2D eigenvalue weighted by Gasteiger charge is 2.31. The Morgan fingerprint density at radius 1 is 1.44 bits per heavy atom. The molecule has 1 aromatic rings. The Balaban J connectivity index is 2.52. The van der Waals surface area contributed by atoms with E-state index < -0.39 is 10.0 Å². The van der Waals surface area contributed by atoms with E-state index in [0.717, 1.165) is 10.0 Å². The number of rotatable bonds is 3. The van der Waals surface area contributed by atoms with Gasteiger partial charge in [-0.1, -0.05) is 4.47 Å². The first-order chi connectivity index (χ1) is 8.46. The summed E-state index contributed by atoms with van der Waals surface area (Å²) < 4.78 is 30.8. The van der Waals surface area contributed by atoms with Gasteiger partial charge in [0.05, 0.1) is 13.7 Å². The quantitative estimate of drug-likeness (QED) is 0.827. The molecule has 0 unspecified atom stereocenters. The van der Waals surface area contributed by atoms with E-state index in [-0.39, 0.29) is 10.6 Å². The van der Waals surface area contributed by atoms with E-state index in [4.69, 9.17) is 15.3 Å². The normalized spacial score (nSPS) is 17.0. The summed E-state index contributed by atoms with van der Waals surface area (Å²) in [6.45, 7) is 2.54. The van der Waals surface area contributed by atoms with Gasteiger partial charge in [0.1, 0.15) is 10.6 Å². The lowest BCUT2D eigenvalue weighted by molar-refractivity contribution is -0.0285. The van der Waals surface area contributed by atoms with E-state index in [1.807, 2.05) is 0 Å². The highest BCUT2D eigenvalue weighted by atomic mass is 32.2. The predicted molar refractivity (Wildman–Crippen MR) is 66.6 cm³/mol. The molecular formula is C11H16N2O4S. The van der Waals surface area contributed by atoms with E-state index in [1.54, 1.807) is 13.0 Å². The minimum absolute atomic E-state index is 0.0370. The fourth-order valence-corrected chi connectivity index (χ4v) is 3.24. The summed E-state index contributed by atoms with van der Waals surface area (Å²) in [6, 6.07) is 3.02. The van der Waals surface area contributed by atoms with Crippen molar-refractivity contribution in [1.82, 2.24) is 4.47 Å². The fourth-order valence-electron chi connectivity index (χ4n) is 1.76. The average Bonchev–Trinajstić information content (AvgIpc) is 2.86. The standard InChI is InChI=1S/C11H16N2O4S/c1-8-6-10(16-2)11(7-9(8)12)18(14,15)13-4-3-5-17-13/h6-7H,3-5,12H2,1-2H3. The Kier molecular flexibility index (Phi) is 3.47. The lowest BCUT2D eigenvalue weighted by Gasteiger charge is -2.17. The number of nitrogens with zero attached hydrogens (tertiary/aromatic N) is 1. The second-order valence-corrected chi connectivity index (χ2v) is 5.88. The number of anilines is 1. The molecule has 6 nitrogen and oxygen atoms in total. The molecule has 0 atom stereocenters. The SMILES string of the molecule is COc1cc(C)c(N)cc1S(=O)(=O)N1CCCO1. The van der Waals surface area contributed by atoms with Crippen LogP contribution in [0, 0.1) is 6.92 Å². The number of hydrogen-bond acceptors (Lipinski definition) is 5. The Morgan fingerprint density at radius 2 is 2.17 bits per heavy atom. The maximum Gasteiger partial charge on any atom is 0.268 e. The van der Waals surface area contributed by atoms with Crippen molar-refractivity contribution < 1.29 is 18.0 Å². The van der Waals surface area contributed by atoms with Crippen LogP contribution in [0.5, 0.6) is 5.75 Å². The van der Waals surface area contributed by atoms with Crippen LogP contribution in [0.4, 0.5) is 5.69 Å². The highest BCUT2D eigenvalue weighted by Crippen LogP contribution is 2.32. The minimum Gasteiger partial charge on any atom is -0.495 e. The lowest BCUT2D eigenvalue weighted by atomic mass is 10.2. The third-order valence-electron chi connectivity index (χ3n) is 2.82. The number of hydrogen-bond donors (Lipinski definition) is 1. The predicted octanol–water partition coefficient (Wildman–Crippen LogP) is 0.912. The van der Waals surface area contributed by atoms with E-state index >= 15 is 0 Å². The molecule has 1 aliphatic heterocycles. The fraction of sp³-hybridized carbons (Fsp3) is 0.455. The molecule has 0 aromatic heterocycles. The Labute approximate surface area is 106 Å². The Bertz CT molecular complexity index is 550. The zero-order chi connectivity index (χ0) is 13.3. The van der Waals surface area contributed by atoms with Gasteiger partial charge in [-0.05, 0) is 31.0 Å². The second-order valence-electron chi connectivity index (χ2n) is 4.08. The van der Waals surface area contributed by atoms with Gasteiger partial charge in [0.15, 0.2) is 0 Å². The summed E-state index contributed by atoms with van der Waals surface area (Å²) in [5.41, 5.74) is 6.94.